The maximum absolute atomic E-state index is 14.1. The smallest absolute Gasteiger partial charge is 0.229 e. The lowest BCUT2D eigenvalue weighted by molar-refractivity contribution is -0.115. The number of piperazine rings is 1. The molecule has 0 saturated carbocycles. The van der Waals surface area contributed by atoms with Crippen LogP contribution in [-0.2, 0) is 16.0 Å². The molecule has 256 valence electrons. The van der Waals surface area contributed by atoms with Crippen molar-refractivity contribution in [2.24, 2.45) is 0 Å². The highest BCUT2D eigenvalue weighted by molar-refractivity contribution is 7.15. The van der Waals surface area contributed by atoms with Crippen molar-refractivity contribution in [3.63, 3.8) is 0 Å². The van der Waals surface area contributed by atoms with Crippen LogP contribution >= 0.6 is 11.3 Å². The summed E-state index contributed by atoms with van der Waals surface area (Å²) in [6.07, 6.45) is 4.27. The van der Waals surface area contributed by atoms with Gasteiger partial charge in [0.15, 0.2) is 4.96 Å². The van der Waals surface area contributed by atoms with Crippen molar-refractivity contribution in [3.05, 3.63) is 108 Å². The Labute approximate surface area is 292 Å². The molecule has 4 heterocycles. The third kappa shape index (κ3) is 7.49. The predicted molar refractivity (Wildman–Crippen MR) is 193 cm³/mol. The summed E-state index contributed by atoms with van der Waals surface area (Å²) < 4.78 is 35.5. The van der Waals surface area contributed by atoms with Gasteiger partial charge in [0.1, 0.15) is 17.3 Å². The number of carbonyl (C=O) groups is 1. The number of aromatic nitrogens is 4. The molecule has 1 fully saturated rings. The minimum absolute atomic E-state index is 0.273. The van der Waals surface area contributed by atoms with E-state index in [0.717, 1.165) is 79.8 Å². The zero-order chi connectivity index (χ0) is 34.5. The van der Waals surface area contributed by atoms with Crippen LogP contribution in [0.4, 0.5) is 31.8 Å². The first-order valence-electron chi connectivity index (χ1n) is 16.4. The first-order chi connectivity index (χ1) is 24.4. The Balaban J connectivity index is 1.07. The highest BCUT2D eigenvalue weighted by atomic mass is 32.1. The first-order valence-corrected chi connectivity index (χ1v) is 17.3. The molecule has 7 rings (SSSR count). The van der Waals surface area contributed by atoms with Gasteiger partial charge >= 0.3 is 0 Å². The average Bonchev–Trinajstić information content (AvgIpc) is 3.73. The summed E-state index contributed by atoms with van der Waals surface area (Å²) in [5, 5.41) is 8.06. The van der Waals surface area contributed by atoms with Crippen molar-refractivity contribution >= 4 is 45.2 Å². The van der Waals surface area contributed by atoms with E-state index in [-0.39, 0.29) is 5.56 Å². The zero-order valence-corrected chi connectivity index (χ0v) is 28.3. The second-order valence-corrected chi connectivity index (χ2v) is 12.9. The number of thiazole rings is 1. The van der Waals surface area contributed by atoms with Gasteiger partial charge in [-0.2, -0.15) is 0 Å². The van der Waals surface area contributed by atoms with E-state index < -0.39 is 24.0 Å². The van der Waals surface area contributed by atoms with Crippen LogP contribution in [0.15, 0.2) is 90.6 Å². The molecule has 1 aliphatic rings. The summed E-state index contributed by atoms with van der Waals surface area (Å²) in [6.45, 7) is 5.90. The number of halogens is 2. The number of methoxy groups -OCH3 is 1. The van der Waals surface area contributed by atoms with Gasteiger partial charge < -0.3 is 20.3 Å². The maximum Gasteiger partial charge on any atom is 0.229 e. The molecule has 0 bridgehead atoms. The van der Waals surface area contributed by atoms with Crippen molar-refractivity contribution in [1.82, 2.24) is 24.3 Å². The summed E-state index contributed by atoms with van der Waals surface area (Å²) >= 11 is 1.49. The Morgan fingerprint density at radius 3 is 2.50 bits per heavy atom. The topological polar surface area (TPSA) is 99.9 Å². The number of hydrogen-bond acceptors (Lipinski definition) is 9. The van der Waals surface area contributed by atoms with Gasteiger partial charge in [0.05, 0.1) is 17.8 Å². The van der Waals surface area contributed by atoms with Gasteiger partial charge in [-0.1, -0.05) is 18.2 Å². The van der Waals surface area contributed by atoms with E-state index in [1.54, 1.807) is 31.5 Å². The highest BCUT2D eigenvalue weighted by Gasteiger charge is 2.20. The molecule has 0 atom stereocenters. The lowest BCUT2D eigenvalue weighted by Crippen LogP contribution is -2.46. The lowest BCUT2D eigenvalue weighted by atomic mass is 10.1. The molecule has 10 nitrogen and oxygen atoms in total. The molecule has 3 aromatic carbocycles. The highest BCUT2D eigenvalue weighted by Crippen LogP contribution is 2.35. The standard InChI is InChI=1S/C37H36F2N8O2S/c1-49-21-4-15-45-16-18-46(19-17-45)28-11-9-26(10-12-28)42-36-40-14-13-32(43-36)35-34(44-37-47(35)20-22-50-37)25-5-2-6-27(23-25)41-33(48)24-29-30(38)7-3-8-31(29)39/h2-3,5-14,20,22-23H,4,15-19,21,24H2,1H3,(H,41,48)(H,40,42,43). The Hall–Kier alpha value is -5.24. The quantitative estimate of drug-likeness (QED) is 0.134. The fourth-order valence-electron chi connectivity index (χ4n) is 6.14. The summed E-state index contributed by atoms with van der Waals surface area (Å²) in [5.74, 6) is -1.61. The van der Waals surface area contributed by atoms with Crippen LogP contribution in [0.2, 0.25) is 0 Å². The molecule has 1 saturated heterocycles. The number of benzene rings is 3. The number of anilines is 4. The molecule has 2 N–H and O–H groups in total. The third-order valence-electron chi connectivity index (χ3n) is 8.66. The van der Waals surface area contributed by atoms with E-state index in [1.165, 1.54) is 23.1 Å². The number of nitrogens with one attached hydrogen (secondary N) is 2. The second-order valence-electron chi connectivity index (χ2n) is 12.0. The van der Waals surface area contributed by atoms with Crippen LogP contribution in [-0.4, -0.2) is 76.6 Å². The maximum atomic E-state index is 14.1. The summed E-state index contributed by atoms with van der Waals surface area (Å²) in [5.41, 5.74) is 5.09. The number of nitrogens with zero attached hydrogens (tertiary/aromatic N) is 6. The number of fused-ring (bicyclic) bond motifs is 1. The number of hydrogen-bond donors (Lipinski definition) is 2. The number of amides is 1. The molecule has 1 aliphatic heterocycles. The van der Waals surface area contributed by atoms with Crippen LogP contribution in [0.25, 0.3) is 27.6 Å². The molecule has 50 heavy (non-hydrogen) atoms. The van der Waals surface area contributed by atoms with E-state index in [9.17, 15) is 13.6 Å². The van der Waals surface area contributed by atoms with Crippen LogP contribution < -0.4 is 15.5 Å². The van der Waals surface area contributed by atoms with Crippen LogP contribution in [0.5, 0.6) is 0 Å². The van der Waals surface area contributed by atoms with Crippen molar-refractivity contribution in [1.29, 1.82) is 0 Å². The van der Waals surface area contributed by atoms with Gasteiger partial charge in [-0.3, -0.25) is 14.1 Å². The van der Waals surface area contributed by atoms with Crippen molar-refractivity contribution in [2.75, 3.05) is 62.0 Å². The summed E-state index contributed by atoms with van der Waals surface area (Å²) in [7, 11) is 1.75. The lowest BCUT2D eigenvalue weighted by Gasteiger charge is -2.36. The van der Waals surface area contributed by atoms with E-state index in [4.69, 9.17) is 14.7 Å². The van der Waals surface area contributed by atoms with Gasteiger partial charge in [0.2, 0.25) is 11.9 Å². The molecule has 3 aromatic heterocycles. The van der Waals surface area contributed by atoms with Crippen LogP contribution in [0.1, 0.15) is 12.0 Å². The van der Waals surface area contributed by atoms with Crippen LogP contribution in [0.3, 0.4) is 0 Å². The largest absolute Gasteiger partial charge is 0.385 e. The van der Waals surface area contributed by atoms with Crippen LogP contribution in [0, 0.1) is 11.6 Å². The molecule has 0 aliphatic carbocycles. The molecule has 0 spiro atoms. The summed E-state index contributed by atoms with van der Waals surface area (Å²) in [6, 6.07) is 20.9. The monoisotopic (exact) mass is 694 g/mol. The molecule has 1 amide bonds. The van der Waals surface area contributed by atoms with Gasteiger partial charge in [-0.15, -0.1) is 11.3 Å². The Bertz CT molecular complexity index is 2070. The van der Waals surface area contributed by atoms with Crippen molar-refractivity contribution in [2.45, 2.75) is 12.8 Å². The Kier molecular flexibility index (Phi) is 10.1. The third-order valence-corrected chi connectivity index (χ3v) is 9.42. The zero-order valence-electron chi connectivity index (χ0n) is 27.5. The molecular weight excluding hydrogens is 659 g/mol. The van der Waals surface area contributed by atoms with E-state index in [1.807, 2.05) is 40.2 Å². The molecule has 0 radical (unpaired) electrons. The average molecular weight is 695 g/mol. The minimum Gasteiger partial charge on any atom is -0.385 e. The van der Waals surface area contributed by atoms with E-state index in [2.05, 4.69) is 37.6 Å². The predicted octanol–water partition coefficient (Wildman–Crippen LogP) is 6.88. The molecule has 0 unspecified atom stereocenters. The fraction of sp³-hybridized carbons (Fsp3) is 0.243. The second kappa shape index (κ2) is 15.1. The van der Waals surface area contributed by atoms with E-state index >= 15 is 0 Å². The van der Waals surface area contributed by atoms with Gasteiger partial charge in [0, 0.05) is 92.4 Å². The van der Waals surface area contributed by atoms with Crippen molar-refractivity contribution in [3.8, 4) is 22.6 Å². The Morgan fingerprint density at radius 1 is 0.940 bits per heavy atom. The summed E-state index contributed by atoms with van der Waals surface area (Å²) in [4.78, 5) is 32.7. The number of rotatable bonds is 12. The number of ether oxygens (including phenoxy) is 1. The molecule has 13 heteroatoms. The number of carbonyl (C=O) groups excluding carboxylic acids is 1. The minimum atomic E-state index is -0.758. The SMILES string of the molecule is COCCCN1CCN(c2ccc(Nc3nccc(-c4c(-c5cccc(NC(=O)Cc6c(F)cccc6F)c5)nc5sccn45)n3)cc2)CC1. The van der Waals surface area contributed by atoms with E-state index in [0.29, 0.717) is 23.0 Å². The van der Waals surface area contributed by atoms with Crippen molar-refractivity contribution < 1.29 is 18.3 Å². The molecular formula is C37H36F2N8O2S. The normalized spacial score (nSPS) is 13.5. The number of imidazole rings is 1. The first kappa shape index (κ1) is 33.3. The fourth-order valence-corrected chi connectivity index (χ4v) is 6.85. The van der Waals surface area contributed by atoms with Gasteiger partial charge in [-0.25, -0.2) is 23.7 Å². The molecule has 6 aromatic rings. The van der Waals surface area contributed by atoms with Gasteiger partial charge in [-0.05, 0) is 61.0 Å². The van der Waals surface area contributed by atoms with Gasteiger partial charge in [0.25, 0.3) is 0 Å². The Morgan fingerprint density at radius 2 is 1.72 bits per heavy atom.